The molecule has 84 valence electrons. The fraction of sp³-hybridized carbons (Fsp3) is 0.538. The Morgan fingerprint density at radius 1 is 1.40 bits per heavy atom. The van der Waals surface area contributed by atoms with Gasteiger partial charge in [0.1, 0.15) is 0 Å². The van der Waals surface area contributed by atoms with Gasteiger partial charge in [0.15, 0.2) is 0 Å². The van der Waals surface area contributed by atoms with Gasteiger partial charge in [-0.15, -0.1) is 11.6 Å². The first-order valence-electron chi connectivity index (χ1n) is 5.48. The summed E-state index contributed by atoms with van der Waals surface area (Å²) in [5.74, 6) is 1.94. The zero-order valence-corrected chi connectivity index (χ0v) is 11.7. The molecule has 0 aliphatic heterocycles. The molecule has 0 amide bonds. The summed E-state index contributed by atoms with van der Waals surface area (Å²) in [6.45, 7) is 4.52. The topological polar surface area (TPSA) is 0 Å². The molecule has 2 atom stereocenters. The van der Waals surface area contributed by atoms with Crippen LogP contribution >= 0.6 is 27.5 Å². The van der Waals surface area contributed by atoms with Gasteiger partial charge in [0.25, 0.3) is 0 Å². The predicted octanol–water partition coefficient (Wildman–Crippen LogP) is 5.21. The Morgan fingerprint density at radius 2 is 2.13 bits per heavy atom. The zero-order valence-electron chi connectivity index (χ0n) is 9.34. The van der Waals surface area contributed by atoms with E-state index >= 15 is 0 Å². The van der Waals surface area contributed by atoms with Crippen molar-refractivity contribution in [1.82, 2.24) is 0 Å². The van der Waals surface area contributed by atoms with Crippen molar-refractivity contribution in [1.29, 1.82) is 0 Å². The molecule has 1 aromatic carbocycles. The van der Waals surface area contributed by atoms with Crippen LogP contribution in [-0.4, -0.2) is 5.88 Å². The number of hydrogen-bond acceptors (Lipinski definition) is 0. The summed E-state index contributed by atoms with van der Waals surface area (Å²) < 4.78 is 1.14. The molecule has 1 aromatic rings. The third kappa shape index (κ3) is 4.16. The van der Waals surface area contributed by atoms with Gasteiger partial charge in [-0.2, -0.15) is 0 Å². The lowest BCUT2D eigenvalue weighted by molar-refractivity contribution is 0.473. The van der Waals surface area contributed by atoms with E-state index in [1.165, 1.54) is 18.4 Å². The molecule has 0 saturated carbocycles. The van der Waals surface area contributed by atoms with E-state index in [1.807, 2.05) is 0 Å². The highest BCUT2D eigenvalue weighted by Gasteiger charge is 2.13. The van der Waals surface area contributed by atoms with E-state index in [4.69, 9.17) is 11.6 Å². The van der Waals surface area contributed by atoms with Crippen molar-refractivity contribution >= 4 is 27.5 Å². The highest BCUT2D eigenvalue weighted by atomic mass is 79.9. The summed E-state index contributed by atoms with van der Waals surface area (Å²) in [7, 11) is 0. The first-order chi connectivity index (χ1) is 7.17. The highest BCUT2D eigenvalue weighted by Crippen LogP contribution is 2.28. The van der Waals surface area contributed by atoms with Crippen molar-refractivity contribution in [2.24, 2.45) is 5.92 Å². The van der Waals surface area contributed by atoms with Gasteiger partial charge in [-0.05, 0) is 36.0 Å². The molecule has 0 fully saturated rings. The van der Waals surface area contributed by atoms with E-state index in [0.717, 1.165) is 10.4 Å². The number of benzene rings is 1. The van der Waals surface area contributed by atoms with Crippen LogP contribution in [0.4, 0.5) is 0 Å². The lowest BCUT2D eigenvalue weighted by atomic mass is 9.90. The fourth-order valence-corrected chi connectivity index (χ4v) is 2.42. The predicted molar refractivity (Wildman–Crippen MR) is 71.7 cm³/mol. The molecule has 1 rings (SSSR count). The van der Waals surface area contributed by atoms with Crippen molar-refractivity contribution in [2.45, 2.75) is 32.6 Å². The third-order valence-corrected chi connectivity index (χ3v) is 3.76. The molecule has 0 aromatic heterocycles. The highest BCUT2D eigenvalue weighted by molar-refractivity contribution is 9.10. The van der Waals surface area contributed by atoms with Crippen LogP contribution in [0.25, 0.3) is 0 Å². The van der Waals surface area contributed by atoms with Gasteiger partial charge in [-0.1, -0.05) is 48.3 Å². The summed E-state index contributed by atoms with van der Waals surface area (Å²) in [6, 6.07) is 8.48. The van der Waals surface area contributed by atoms with Gasteiger partial charge in [0, 0.05) is 10.4 Å². The zero-order chi connectivity index (χ0) is 11.3. The Kier molecular flexibility index (Phi) is 5.70. The molecule has 15 heavy (non-hydrogen) atoms. The minimum absolute atomic E-state index is 0.485. The Morgan fingerprint density at radius 3 is 2.67 bits per heavy atom. The van der Waals surface area contributed by atoms with Crippen LogP contribution in [0.1, 0.15) is 38.2 Å². The van der Waals surface area contributed by atoms with E-state index in [1.54, 1.807) is 0 Å². The van der Waals surface area contributed by atoms with Crippen molar-refractivity contribution in [3.63, 3.8) is 0 Å². The average molecular weight is 290 g/mol. The lowest BCUT2D eigenvalue weighted by Crippen LogP contribution is -2.06. The number of halogens is 2. The van der Waals surface area contributed by atoms with Crippen LogP contribution in [-0.2, 0) is 0 Å². The Balaban J connectivity index is 2.73. The maximum absolute atomic E-state index is 6.04. The van der Waals surface area contributed by atoms with E-state index in [9.17, 15) is 0 Å². The molecule has 0 radical (unpaired) electrons. The number of alkyl halides is 1. The SMILES string of the molecule is CCC(C)CC(CCl)c1cccc(Br)c1. The minimum Gasteiger partial charge on any atom is -0.126 e. The van der Waals surface area contributed by atoms with Crippen LogP contribution in [0.3, 0.4) is 0 Å². The lowest BCUT2D eigenvalue weighted by Gasteiger charge is -2.18. The molecule has 0 aliphatic rings. The van der Waals surface area contributed by atoms with Gasteiger partial charge in [0.2, 0.25) is 0 Å². The monoisotopic (exact) mass is 288 g/mol. The second-order valence-corrected chi connectivity index (χ2v) is 5.38. The van der Waals surface area contributed by atoms with E-state index < -0.39 is 0 Å². The number of hydrogen-bond donors (Lipinski definition) is 0. The maximum Gasteiger partial charge on any atom is 0.0292 e. The smallest absolute Gasteiger partial charge is 0.0292 e. The molecule has 0 aliphatic carbocycles. The first-order valence-corrected chi connectivity index (χ1v) is 6.81. The quantitative estimate of drug-likeness (QED) is 0.653. The van der Waals surface area contributed by atoms with Crippen LogP contribution in [0, 0.1) is 5.92 Å². The summed E-state index contributed by atoms with van der Waals surface area (Å²) in [5, 5.41) is 0. The largest absolute Gasteiger partial charge is 0.126 e. The summed E-state index contributed by atoms with van der Waals surface area (Å²) >= 11 is 9.54. The van der Waals surface area contributed by atoms with Gasteiger partial charge < -0.3 is 0 Å². The van der Waals surface area contributed by atoms with Crippen LogP contribution < -0.4 is 0 Å². The van der Waals surface area contributed by atoms with Crippen LogP contribution in [0.15, 0.2) is 28.7 Å². The molecular formula is C13H18BrCl. The van der Waals surface area contributed by atoms with Crippen molar-refractivity contribution < 1.29 is 0 Å². The minimum atomic E-state index is 0.485. The molecule has 2 unspecified atom stereocenters. The number of rotatable bonds is 5. The summed E-state index contributed by atoms with van der Waals surface area (Å²) in [6.07, 6.45) is 2.40. The third-order valence-electron chi connectivity index (χ3n) is 2.89. The van der Waals surface area contributed by atoms with E-state index in [2.05, 4.69) is 54.0 Å². The normalized spacial score (nSPS) is 14.9. The van der Waals surface area contributed by atoms with E-state index in [-0.39, 0.29) is 0 Å². The second-order valence-electron chi connectivity index (χ2n) is 4.16. The molecule has 0 saturated heterocycles. The molecule has 2 heteroatoms. The van der Waals surface area contributed by atoms with Crippen molar-refractivity contribution in [2.75, 3.05) is 5.88 Å². The fourth-order valence-electron chi connectivity index (χ4n) is 1.70. The molecule has 0 nitrogen and oxygen atoms in total. The van der Waals surface area contributed by atoms with Gasteiger partial charge in [0.05, 0.1) is 0 Å². The second kappa shape index (κ2) is 6.55. The van der Waals surface area contributed by atoms with Gasteiger partial charge in [-0.3, -0.25) is 0 Å². The summed E-state index contributed by atoms with van der Waals surface area (Å²) in [5.41, 5.74) is 1.35. The molecule has 0 heterocycles. The van der Waals surface area contributed by atoms with Gasteiger partial charge >= 0.3 is 0 Å². The van der Waals surface area contributed by atoms with E-state index in [0.29, 0.717) is 11.8 Å². The molecule has 0 N–H and O–H groups in total. The molecular weight excluding hydrogens is 272 g/mol. The van der Waals surface area contributed by atoms with Crippen LogP contribution in [0.5, 0.6) is 0 Å². The Bertz CT molecular complexity index is 298. The Hall–Kier alpha value is -0.0100. The Labute approximate surface area is 106 Å². The van der Waals surface area contributed by atoms with Gasteiger partial charge in [-0.25, -0.2) is 0 Å². The maximum atomic E-state index is 6.04. The molecule has 0 bridgehead atoms. The van der Waals surface area contributed by atoms with Crippen LogP contribution in [0.2, 0.25) is 0 Å². The standard InChI is InChI=1S/C13H18BrCl/c1-3-10(2)7-12(9-15)11-5-4-6-13(14)8-11/h4-6,8,10,12H,3,7,9H2,1-2H3. The first kappa shape index (κ1) is 13.1. The van der Waals surface area contributed by atoms with Crippen molar-refractivity contribution in [3.05, 3.63) is 34.3 Å². The average Bonchev–Trinajstić information content (AvgIpc) is 2.25. The van der Waals surface area contributed by atoms with Crippen molar-refractivity contribution in [3.8, 4) is 0 Å². The molecule has 0 spiro atoms. The summed E-state index contributed by atoms with van der Waals surface area (Å²) in [4.78, 5) is 0.